The number of nitrogens with two attached hydrogens (primary N) is 1. The van der Waals surface area contributed by atoms with Crippen LogP contribution in [0, 0.1) is 0 Å². The molecular weight excluding hydrogens is 244 g/mol. The number of anilines is 1. The van der Waals surface area contributed by atoms with E-state index in [4.69, 9.17) is 10.2 Å². The first kappa shape index (κ1) is 11.5. The van der Waals surface area contributed by atoms with Crippen molar-refractivity contribution in [1.82, 2.24) is 4.90 Å². The summed E-state index contributed by atoms with van der Waals surface area (Å²) in [5.41, 5.74) is 6.74. The Bertz CT molecular complexity index is 661. The Balaban J connectivity index is 2.06. The number of imide groups is 1. The summed E-state index contributed by atoms with van der Waals surface area (Å²) in [7, 11) is 0. The van der Waals surface area contributed by atoms with Gasteiger partial charge in [-0.2, -0.15) is 0 Å². The minimum atomic E-state index is -0.457. The molecule has 0 bridgehead atoms. The Morgan fingerprint density at radius 1 is 1.16 bits per heavy atom. The summed E-state index contributed by atoms with van der Waals surface area (Å²) in [4.78, 5) is 25.8. The Morgan fingerprint density at radius 2 is 1.95 bits per heavy atom. The Hall–Kier alpha value is -2.56. The van der Waals surface area contributed by atoms with E-state index in [1.165, 1.54) is 11.2 Å². The standard InChI is InChI=1S/C14H12N2O3/c1-8(11-6-3-7-19-11)16-13(17)9-4-2-5-10(15)12(9)14(16)18/h2-8H,15H2,1H3. The molecular formula is C14H12N2O3. The average Bonchev–Trinajstić information content (AvgIpc) is 2.98. The number of nitrogen functional groups attached to an aromatic ring is 1. The van der Waals surface area contributed by atoms with Gasteiger partial charge in [-0.15, -0.1) is 0 Å². The van der Waals surface area contributed by atoms with Crippen molar-refractivity contribution in [1.29, 1.82) is 0 Å². The van der Waals surface area contributed by atoms with Crippen LogP contribution in [0.5, 0.6) is 0 Å². The van der Waals surface area contributed by atoms with Gasteiger partial charge in [0, 0.05) is 5.69 Å². The highest BCUT2D eigenvalue weighted by molar-refractivity contribution is 6.23. The third-order valence-corrected chi connectivity index (χ3v) is 3.32. The zero-order valence-electron chi connectivity index (χ0n) is 10.3. The Labute approximate surface area is 109 Å². The molecule has 1 aromatic heterocycles. The number of carbonyl (C=O) groups excluding carboxylic acids is 2. The van der Waals surface area contributed by atoms with Crippen LogP contribution in [0.15, 0.2) is 41.0 Å². The summed E-state index contributed by atoms with van der Waals surface area (Å²) >= 11 is 0. The lowest BCUT2D eigenvalue weighted by Gasteiger charge is -2.20. The van der Waals surface area contributed by atoms with Gasteiger partial charge >= 0.3 is 0 Å². The van der Waals surface area contributed by atoms with Crippen molar-refractivity contribution < 1.29 is 14.0 Å². The number of hydrogen-bond acceptors (Lipinski definition) is 4. The molecule has 1 unspecified atom stereocenters. The molecule has 5 nitrogen and oxygen atoms in total. The van der Waals surface area contributed by atoms with Crippen molar-refractivity contribution in [2.45, 2.75) is 13.0 Å². The number of hydrogen-bond donors (Lipinski definition) is 1. The van der Waals surface area contributed by atoms with Gasteiger partial charge in [0.1, 0.15) is 5.76 Å². The second-order valence-corrected chi connectivity index (χ2v) is 4.44. The van der Waals surface area contributed by atoms with Crippen molar-refractivity contribution in [2.75, 3.05) is 5.73 Å². The number of fused-ring (bicyclic) bond motifs is 1. The van der Waals surface area contributed by atoms with Gasteiger partial charge in [-0.3, -0.25) is 14.5 Å². The van der Waals surface area contributed by atoms with Crippen molar-refractivity contribution in [3.8, 4) is 0 Å². The van der Waals surface area contributed by atoms with Crippen LogP contribution in [0.25, 0.3) is 0 Å². The minimum absolute atomic E-state index is 0.283. The van der Waals surface area contributed by atoms with E-state index in [1.54, 1.807) is 37.3 Å². The van der Waals surface area contributed by atoms with Crippen LogP contribution < -0.4 is 5.73 Å². The highest BCUT2D eigenvalue weighted by Gasteiger charge is 2.40. The maximum Gasteiger partial charge on any atom is 0.264 e. The molecule has 1 aromatic carbocycles. The van der Waals surface area contributed by atoms with Gasteiger partial charge < -0.3 is 10.2 Å². The number of carbonyl (C=O) groups is 2. The van der Waals surface area contributed by atoms with Crippen molar-refractivity contribution in [2.24, 2.45) is 0 Å². The molecule has 5 heteroatoms. The van der Waals surface area contributed by atoms with Gasteiger partial charge in [0.15, 0.2) is 0 Å². The molecule has 0 fully saturated rings. The zero-order valence-corrected chi connectivity index (χ0v) is 10.3. The SMILES string of the molecule is CC(c1ccco1)N1C(=O)c2cccc(N)c2C1=O. The molecule has 3 rings (SSSR count). The molecule has 2 N–H and O–H groups in total. The van der Waals surface area contributed by atoms with Gasteiger partial charge in [0.25, 0.3) is 11.8 Å². The molecule has 0 aliphatic carbocycles. The normalized spacial score (nSPS) is 15.7. The summed E-state index contributed by atoms with van der Waals surface area (Å²) in [5.74, 6) is -0.147. The first-order valence-electron chi connectivity index (χ1n) is 5.91. The summed E-state index contributed by atoms with van der Waals surface area (Å²) in [6.07, 6.45) is 1.51. The summed E-state index contributed by atoms with van der Waals surface area (Å²) in [6.45, 7) is 1.75. The predicted octanol–water partition coefficient (Wildman–Crippen LogP) is 2.22. The van der Waals surface area contributed by atoms with E-state index in [9.17, 15) is 9.59 Å². The van der Waals surface area contributed by atoms with Gasteiger partial charge in [0.2, 0.25) is 0 Å². The number of furan rings is 1. The first-order valence-corrected chi connectivity index (χ1v) is 5.91. The van der Waals surface area contributed by atoms with E-state index in [-0.39, 0.29) is 17.4 Å². The fraction of sp³-hybridized carbons (Fsp3) is 0.143. The fourth-order valence-corrected chi connectivity index (χ4v) is 2.34. The van der Waals surface area contributed by atoms with Crippen LogP contribution in [-0.2, 0) is 0 Å². The molecule has 96 valence electrons. The first-order chi connectivity index (χ1) is 9.11. The Kier molecular flexibility index (Phi) is 2.41. The van der Waals surface area contributed by atoms with Crippen LogP contribution >= 0.6 is 0 Å². The lowest BCUT2D eigenvalue weighted by Crippen LogP contribution is -2.32. The van der Waals surface area contributed by atoms with Crippen molar-refractivity contribution >= 4 is 17.5 Å². The summed E-state index contributed by atoms with van der Waals surface area (Å²) < 4.78 is 5.26. The molecule has 1 aliphatic rings. The molecule has 1 aliphatic heterocycles. The molecule has 0 saturated carbocycles. The summed E-state index contributed by atoms with van der Waals surface area (Å²) in [5, 5.41) is 0. The second-order valence-electron chi connectivity index (χ2n) is 4.44. The number of benzene rings is 1. The molecule has 0 saturated heterocycles. The second kappa shape index (κ2) is 3.98. The van der Waals surface area contributed by atoms with Gasteiger partial charge in [0.05, 0.1) is 23.4 Å². The topological polar surface area (TPSA) is 76.5 Å². The van der Waals surface area contributed by atoms with Gasteiger partial charge in [-0.1, -0.05) is 6.07 Å². The van der Waals surface area contributed by atoms with E-state index >= 15 is 0 Å². The number of nitrogens with zero attached hydrogens (tertiary/aromatic N) is 1. The molecule has 2 aromatic rings. The molecule has 2 heterocycles. The van der Waals surface area contributed by atoms with E-state index < -0.39 is 6.04 Å². The lowest BCUT2D eigenvalue weighted by molar-refractivity contribution is 0.0578. The van der Waals surface area contributed by atoms with Crippen molar-refractivity contribution in [3.63, 3.8) is 0 Å². The van der Waals surface area contributed by atoms with Crippen LogP contribution in [0.1, 0.15) is 39.4 Å². The van der Waals surface area contributed by atoms with Crippen LogP contribution in [-0.4, -0.2) is 16.7 Å². The monoisotopic (exact) mass is 256 g/mol. The largest absolute Gasteiger partial charge is 0.467 e. The van der Waals surface area contributed by atoms with E-state index in [2.05, 4.69) is 0 Å². The van der Waals surface area contributed by atoms with Crippen LogP contribution in [0.4, 0.5) is 5.69 Å². The predicted molar refractivity (Wildman–Crippen MR) is 68.5 cm³/mol. The molecule has 19 heavy (non-hydrogen) atoms. The van der Waals surface area contributed by atoms with Crippen molar-refractivity contribution in [3.05, 3.63) is 53.5 Å². The molecule has 1 atom stereocenters. The smallest absolute Gasteiger partial charge is 0.264 e. The van der Waals surface area contributed by atoms with E-state index in [0.717, 1.165) is 0 Å². The average molecular weight is 256 g/mol. The van der Waals surface area contributed by atoms with E-state index in [0.29, 0.717) is 17.0 Å². The Morgan fingerprint density at radius 3 is 2.58 bits per heavy atom. The summed E-state index contributed by atoms with van der Waals surface area (Å²) in [6, 6.07) is 7.89. The maximum absolute atomic E-state index is 12.3. The lowest BCUT2D eigenvalue weighted by atomic mass is 10.1. The quantitative estimate of drug-likeness (QED) is 0.660. The van der Waals surface area contributed by atoms with Gasteiger partial charge in [-0.25, -0.2) is 0 Å². The number of rotatable bonds is 2. The minimum Gasteiger partial charge on any atom is -0.467 e. The van der Waals surface area contributed by atoms with Crippen LogP contribution in [0.2, 0.25) is 0 Å². The fourth-order valence-electron chi connectivity index (χ4n) is 2.34. The van der Waals surface area contributed by atoms with Gasteiger partial charge in [-0.05, 0) is 31.2 Å². The number of amides is 2. The maximum atomic E-state index is 12.3. The zero-order chi connectivity index (χ0) is 13.6. The molecule has 2 amide bonds. The molecule has 0 spiro atoms. The van der Waals surface area contributed by atoms with E-state index in [1.807, 2.05) is 0 Å². The van der Waals surface area contributed by atoms with Crippen LogP contribution in [0.3, 0.4) is 0 Å². The third kappa shape index (κ3) is 1.55. The molecule has 0 radical (unpaired) electrons. The highest BCUT2D eigenvalue weighted by Crippen LogP contribution is 2.33. The third-order valence-electron chi connectivity index (χ3n) is 3.32. The highest BCUT2D eigenvalue weighted by atomic mass is 16.3.